The van der Waals surface area contributed by atoms with Gasteiger partial charge < -0.3 is 13.9 Å². The van der Waals surface area contributed by atoms with Crippen LogP contribution in [0.1, 0.15) is 30.8 Å². The van der Waals surface area contributed by atoms with Gasteiger partial charge in [0, 0.05) is 46.6 Å². The topological polar surface area (TPSA) is 70.7 Å². The van der Waals surface area contributed by atoms with Gasteiger partial charge in [0.15, 0.2) is 0 Å². The molecule has 0 aliphatic rings. The minimum atomic E-state index is -0.531. The Bertz CT molecular complexity index is 1740. The number of pyridine rings is 4. The van der Waals surface area contributed by atoms with Crippen molar-refractivity contribution in [2.75, 3.05) is 7.11 Å². The average molecular weight is 668 g/mol. The third-order valence-electron chi connectivity index (χ3n) is 6.47. The minimum Gasteiger partial charge on any atom is -0.497 e. The molecule has 0 atom stereocenters. The summed E-state index contributed by atoms with van der Waals surface area (Å²) in [6.45, 7) is 6.31. The molecule has 0 saturated carbocycles. The summed E-state index contributed by atoms with van der Waals surface area (Å²) in [5, 5.41) is 2.02. The number of fused-ring (bicyclic) bond motifs is 2. The molecule has 37 heavy (non-hydrogen) atoms. The fraction of sp³-hybridized carbons (Fsp3) is 0.172. The molecule has 8 heteroatoms. The molecule has 6 rings (SSSR count). The fourth-order valence-corrected chi connectivity index (χ4v) is 4.42. The van der Waals surface area contributed by atoms with Crippen LogP contribution in [0, 0.1) is 19.3 Å². The summed E-state index contributed by atoms with van der Waals surface area (Å²) in [6.07, 6.45) is 10.1. The Balaban J connectivity index is 0.00000280. The smallest absolute Gasteiger partial charge is 0.497 e. The van der Waals surface area contributed by atoms with E-state index in [1.165, 1.54) is 0 Å². The number of hydrogen-bond acceptors (Lipinski definition) is 5. The zero-order valence-electron chi connectivity index (χ0n) is 20.8. The van der Waals surface area contributed by atoms with Crippen LogP contribution in [0.2, 0.25) is 0 Å². The van der Waals surface area contributed by atoms with Crippen molar-refractivity contribution in [2.24, 2.45) is 0 Å². The van der Waals surface area contributed by atoms with Crippen LogP contribution >= 0.6 is 0 Å². The van der Waals surface area contributed by atoms with E-state index in [-0.39, 0.29) is 21.1 Å². The number of aromatic nitrogens is 6. The first kappa shape index (κ1) is 24.8. The van der Waals surface area contributed by atoms with Crippen molar-refractivity contribution in [3.05, 3.63) is 102 Å². The normalized spacial score (nSPS) is 11.6. The largest absolute Gasteiger partial charge is 2.00 e. The Morgan fingerprint density at radius 1 is 0.784 bits per heavy atom. The van der Waals surface area contributed by atoms with Crippen LogP contribution in [0.3, 0.4) is 0 Å². The van der Waals surface area contributed by atoms with Crippen molar-refractivity contribution < 1.29 is 25.8 Å². The molecule has 6 heterocycles. The Morgan fingerprint density at radius 3 is 1.89 bits per heavy atom. The Labute approximate surface area is 229 Å². The summed E-state index contributed by atoms with van der Waals surface area (Å²) < 4.78 is 9.43. The van der Waals surface area contributed by atoms with Gasteiger partial charge in [-0.3, -0.25) is 19.9 Å². The third kappa shape index (κ3) is 4.34. The van der Waals surface area contributed by atoms with Crippen molar-refractivity contribution in [1.82, 2.24) is 29.1 Å². The third-order valence-corrected chi connectivity index (χ3v) is 6.47. The molecule has 0 aromatic carbocycles. The molecule has 6 aromatic rings. The van der Waals surface area contributed by atoms with E-state index in [4.69, 9.17) is 14.7 Å². The van der Waals surface area contributed by atoms with E-state index in [0.29, 0.717) is 11.6 Å². The maximum atomic E-state index is 5.67. The number of methoxy groups -OCH3 is 1. The predicted octanol–water partition coefficient (Wildman–Crippen LogP) is 5.40. The van der Waals surface area contributed by atoms with Crippen LogP contribution < -0.4 is 4.74 Å². The van der Waals surface area contributed by atoms with E-state index in [0.717, 1.165) is 44.8 Å². The van der Waals surface area contributed by atoms with Gasteiger partial charge >= 0.3 is 21.1 Å². The standard InChI is InChI=1S/C29H24N6O.Pt/c1-19-15-23(32-25(16-19)34-13-9-20-7-5-11-30-27(20)34)29(2,3)24-17-22(36-4)18-26(33-24)35-14-10-21-8-6-12-31-28(21)35;/h5-12,15-18H,1-4H3;/q-2;+2. The maximum Gasteiger partial charge on any atom is 2.00 e. The number of hydrogen-bond donors (Lipinski definition) is 0. The molecule has 7 nitrogen and oxygen atoms in total. The van der Waals surface area contributed by atoms with E-state index in [9.17, 15) is 0 Å². The maximum absolute atomic E-state index is 5.67. The number of rotatable bonds is 5. The van der Waals surface area contributed by atoms with Crippen LogP contribution in [0.15, 0.2) is 73.1 Å². The predicted molar refractivity (Wildman–Crippen MR) is 139 cm³/mol. The van der Waals surface area contributed by atoms with Gasteiger partial charge in [0.05, 0.1) is 18.7 Å². The molecule has 0 aliphatic carbocycles. The van der Waals surface area contributed by atoms with E-state index >= 15 is 0 Å². The van der Waals surface area contributed by atoms with Crippen LogP contribution in [-0.2, 0) is 26.5 Å². The summed E-state index contributed by atoms with van der Waals surface area (Å²) in [6, 6.07) is 19.7. The summed E-state index contributed by atoms with van der Waals surface area (Å²) in [5.41, 5.74) is 3.88. The molecular formula is C29H24N6OPt. The number of ether oxygens (including phenoxy) is 1. The Hall–Kier alpha value is -3.83. The van der Waals surface area contributed by atoms with Crippen molar-refractivity contribution in [3.63, 3.8) is 0 Å². The number of aryl methyl sites for hydroxylation is 1. The van der Waals surface area contributed by atoms with Gasteiger partial charge in [-0.2, -0.15) is 0 Å². The molecule has 6 aromatic heterocycles. The molecule has 0 saturated heterocycles. The molecule has 0 unspecified atom stereocenters. The quantitative estimate of drug-likeness (QED) is 0.231. The van der Waals surface area contributed by atoms with Crippen LogP contribution in [0.4, 0.5) is 0 Å². The molecule has 0 bridgehead atoms. The molecule has 0 radical (unpaired) electrons. The van der Waals surface area contributed by atoms with Gasteiger partial charge in [-0.15, -0.1) is 24.3 Å². The average Bonchev–Trinajstić information content (AvgIpc) is 3.53. The minimum absolute atomic E-state index is 0. The zero-order chi connectivity index (χ0) is 24.9. The molecule has 186 valence electrons. The molecule has 0 N–H and O–H groups in total. The summed E-state index contributed by atoms with van der Waals surface area (Å²) in [4.78, 5) is 19.2. The van der Waals surface area contributed by atoms with Gasteiger partial charge in [-0.25, -0.2) is 0 Å². The molecule has 0 amide bonds. The second-order valence-corrected chi connectivity index (χ2v) is 9.31. The van der Waals surface area contributed by atoms with Crippen molar-refractivity contribution in [1.29, 1.82) is 0 Å². The van der Waals surface area contributed by atoms with Gasteiger partial charge in [0.25, 0.3) is 0 Å². The Kier molecular flexibility index (Phi) is 6.42. The first-order chi connectivity index (χ1) is 17.4. The van der Waals surface area contributed by atoms with Crippen LogP contribution in [0.25, 0.3) is 33.7 Å². The van der Waals surface area contributed by atoms with E-state index < -0.39 is 5.41 Å². The summed E-state index contributed by atoms with van der Waals surface area (Å²) >= 11 is 0. The zero-order valence-corrected chi connectivity index (χ0v) is 23.1. The van der Waals surface area contributed by atoms with Gasteiger partial charge in [0.2, 0.25) is 0 Å². The summed E-state index contributed by atoms with van der Waals surface area (Å²) in [5.74, 6) is 2.16. The van der Waals surface area contributed by atoms with E-state index in [1.54, 1.807) is 19.5 Å². The van der Waals surface area contributed by atoms with Gasteiger partial charge in [-0.1, -0.05) is 46.9 Å². The molecular weight excluding hydrogens is 643 g/mol. The van der Waals surface area contributed by atoms with Crippen molar-refractivity contribution in [3.8, 4) is 17.4 Å². The fourth-order valence-electron chi connectivity index (χ4n) is 4.42. The molecule has 0 aliphatic heterocycles. The van der Waals surface area contributed by atoms with Gasteiger partial charge in [-0.05, 0) is 32.9 Å². The van der Waals surface area contributed by atoms with Crippen LogP contribution in [-0.4, -0.2) is 36.2 Å². The van der Waals surface area contributed by atoms with E-state index in [1.807, 2.05) is 63.7 Å². The van der Waals surface area contributed by atoms with Crippen LogP contribution in [0.5, 0.6) is 5.75 Å². The Morgan fingerprint density at radius 2 is 1.32 bits per heavy atom. The summed E-state index contributed by atoms with van der Waals surface area (Å²) in [7, 11) is 1.66. The van der Waals surface area contributed by atoms with E-state index in [2.05, 4.69) is 49.2 Å². The first-order valence-corrected chi connectivity index (χ1v) is 11.7. The monoisotopic (exact) mass is 667 g/mol. The van der Waals surface area contributed by atoms with Crippen molar-refractivity contribution >= 4 is 22.1 Å². The second-order valence-electron chi connectivity index (χ2n) is 9.31. The second kappa shape index (κ2) is 9.56. The molecule has 0 spiro atoms. The number of nitrogens with zero attached hydrogens (tertiary/aromatic N) is 6. The molecule has 0 fully saturated rings. The van der Waals surface area contributed by atoms with Gasteiger partial charge in [0.1, 0.15) is 5.75 Å². The van der Waals surface area contributed by atoms with Crippen molar-refractivity contribution in [2.45, 2.75) is 26.2 Å². The first-order valence-electron chi connectivity index (χ1n) is 11.7. The SMILES string of the molecule is COc1cc(-n2[c-]cc3cccnc32)nc(C(C)(C)c2cc(C)cc(-n3[c-]cc4cccnc43)n2)c1.[Pt+2].